The van der Waals surface area contributed by atoms with Crippen LogP contribution in [0.25, 0.3) is 0 Å². The van der Waals surface area contributed by atoms with Gasteiger partial charge in [-0.05, 0) is 44.4 Å². The molecular formula is C25H36N4O11S. The van der Waals surface area contributed by atoms with Gasteiger partial charge in [0.2, 0.25) is 24.0 Å². The third-order valence-electron chi connectivity index (χ3n) is 7.74. The minimum absolute atomic E-state index is 0.0595. The molecule has 0 aromatic carbocycles. The van der Waals surface area contributed by atoms with E-state index in [-0.39, 0.29) is 42.0 Å². The van der Waals surface area contributed by atoms with Gasteiger partial charge in [0.15, 0.2) is 9.84 Å². The number of hydrogen-bond donors (Lipinski definition) is 5. The van der Waals surface area contributed by atoms with Crippen molar-refractivity contribution >= 4 is 33.9 Å². The van der Waals surface area contributed by atoms with Crippen LogP contribution in [-0.2, 0) is 28.9 Å². The highest BCUT2D eigenvalue weighted by atomic mass is 32.2. The van der Waals surface area contributed by atoms with Crippen LogP contribution in [-0.4, -0.2) is 83.3 Å². The second-order valence-corrected chi connectivity index (χ2v) is 13.0. The summed E-state index contributed by atoms with van der Waals surface area (Å²) >= 11 is 0. The van der Waals surface area contributed by atoms with Gasteiger partial charge >= 0.3 is 18.2 Å². The van der Waals surface area contributed by atoms with E-state index in [0.29, 0.717) is 56.2 Å². The maximum Gasteiger partial charge on any atom is 0.537 e. The second kappa shape index (κ2) is 12.9. The molecule has 1 aliphatic carbocycles. The fourth-order valence-corrected chi connectivity index (χ4v) is 7.86. The number of unbranched alkanes of at least 4 members (excludes halogenated alkanes) is 1. The second-order valence-electron chi connectivity index (χ2n) is 10.7. The average Bonchev–Trinajstić information content (AvgIpc) is 3.49. The summed E-state index contributed by atoms with van der Waals surface area (Å²) < 4.78 is 35.2. The van der Waals surface area contributed by atoms with Gasteiger partial charge in [0.1, 0.15) is 0 Å². The highest BCUT2D eigenvalue weighted by Crippen LogP contribution is 2.30. The molecule has 4 rings (SSSR count). The Hall–Kier alpha value is -3.69. The van der Waals surface area contributed by atoms with Crippen molar-refractivity contribution in [2.24, 2.45) is 11.8 Å². The van der Waals surface area contributed by atoms with E-state index in [0.717, 1.165) is 12.1 Å². The number of ether oxygens (including phenoxy) is 2. The van der Waals surface area contributed by atoms with Crippen molar-refractivity contribution in [3.63, 3.8) is 0 Å². The molecule has 2 saturated heterocycles. The molecule has 2 aliphatic heterocycles. The number of esters is 1. The van der Waals surface area contributed by atoms with E-state index < -0.39 is 51.3 Å². The molecule has 0 radical (unpaired) electrons. The van der Waals surface area contributed by atoms with Crippen LogP contribution in [0, 0.1) is 11.8 Å². The number of sulfone groups is 1. The summed E-state index contributed by atoms with van der Waals surface area (Å²) in [5, 5.41) is 26.6. The van der Waals surface area contributed by atoms with Gasteiger partial charge < -0.3 is 35.6 Å². The lowest BCUT2D eigenvalue weighted by molar-refractivity contribution is -0.174. The number of urea groups is 1. The van der Waals surface area contributed by atoms with Crippen LogP contribution in [0.4, 0.5) is 9.59 Å². The summed E-state index contributed by atoms with van der Waals surface area (Å²) in [6.07, 6.45) is 1.71. The van der Waals surface area contributed by atoms with Crippen molar-refractivity contribution in [1.82, 2.24) is 20.7 Å². The predicted octanol–water partition coefficient (Wildman–Crippen LogP) is 0.684. The molecular weight excluding hydrogens is 564 g/mol. The van der Waals surface area contributed by atoms with Gasteiger partial charge in [0, 0.05) is 32.0 Å². The third kappa shape index (κ3) is 7.74. The Kier molecular flexibility index (Phi) is 9.50. The van der Waals surface area contributed by atoms with Gasteiger partial charge in [-0.2, -0.15) is 0 Å². The minimum Gasteiger partial charge on any atom is -0.492 e. The van der Waals surface area contributed by atoms with E-state index in [1.807, 2.05) is 0 Å². The molecule has 16 heteroatoms. The molecule has 3 unspecified atom stereocenters. The van der Waals surface area contributed by atoms with Crippen molar-refractivity contribution in [1.29, 1.82) is 0 Å². The molecule has 5 N–H and O–H groups in total. The summed E-state index contributed by atoms with van der Waals surface area (Å²) in [6.45, 7) is 1.81. The quantitative estimate of drug-likeness (QED) is 0.103. The number of nitrogens with one attached hydrogen (secondary N) is 3. The van der Waals surface area contributed by atoms with E-state index in [2.05, 4.69) is 20.8 Å². The van der Waals surface area contributed by atoms with Crippen molar-refractivity contribution < 1.29 is 52.1 Å². The first-order valence-electron chi connectivity index (χ1n) is 13.7. The Bertz CT molecular complexity index is 1220. The Morgan fingerprint density at radius 2 is 1.76 bits per heavy atom. The van der Waals surface area contributed by atoms with Crippen molar-refractivity contribution in [2.75, 3.05) is 12.3 Å². The van der Waals surface area contributed by atoms with Crippen LogP contribution in [0.3, 0.4) is 0 Å². The summed E-state index contributed by atoms with van der Waals surface area (Å²) in [4.78, 5) is 52.7. The van der Waals surface area contributed by atoms with Crippen LogP contribution in [0.15, 0.2) is 12.1 Å². The van der Waals surface area contributed by atoms with Gasteiger partial charge in [-0.1, -0.05) is 6.42 Å². The lowest BCUT2D eigenvalue weighted by Crippen LogP contribution is -2.39. The summed E-state index contributed by atoms with van der Waals surface area (Å²) in [7, 11) is -3.29. The zero-order valence-electron chi connectivity index (χ0n) is 22.6. The van der Waals surface area contributed by atoms with Gasteiger partial charge in [-0.3, -0.25) is 14.4 Å². The van der Waals surface area contributed by atoms with E-state index >= 15 is 0 Å². The molecule has 4 atom stereocenters. The fourth-order valence-electron chi connectivity index (χ4n) is 5.60. The monoisotopic (exact) mass is 600 g/mol. The third-order valence-corrected chi connectivity index (χ3v) is 10.0. The van der Waals surface area contributed by atoms with Crippen molar-refractivity contribution in [3.05, 3.63) is 12.1 Å². The summed E-state index contributed by atoms with van der Waals surface area (Å²) in [5.74, 6) is -1.93. The predicted molar refractivity (Wildman–Crippen MR) is 140 cm³/mol. The average molecular weight is 601 g/mol. The highest BCUT2D eigenvalue weighted by molar-refractivity contribution is 7.92. The molecule has 0 spiro atoms. The van der Waals surface area contributed by atoms with Crippen LogP contribution >= 0.6 is 0 Å². The molecule has 3 heterocycles. The number of hydrogen-bond acceptors (Lipinski definition) is 11. The number of nitrogens with zero attached hydrogens (tertiary/aromatic N) is 1. The topological polar surface area (TPSA) is 212 Å². The first-order chi connectivity index (χ1) is 19.4. The van der Waals surface area contributed by atoms with Gasteiger partial charge in [-0.15, -0.1) is 4.73 Å². The Labute approximate surface area is 236 Å². The lowest BCUT2D eigenvalue weighted by atomic mass is 9.82. The van der Waals surface area contributed by atoms with Crippen LogP contribution in [0.2, 0.25) is 0 Å². The van der Waals surface area contributed by atoms with E-state index in [9.17, 15) is 37.8 Å². The van der Waals surface area contributed by atoms with Crippen LogP contribution in [0.1, 0.15) is 58.3 Å². The van der Waals surface area contributed by atoms with E-state index in [1.54, 1.807) is 0 Å². The number of amides is 3. The number of aromatic hydroxyl groups is 2. The number of rotatable bonds is 11. The largest absolute Gasteiger partial charge is 0.537 e. The van der Waals surface area contributed by atoms with E-state index in [4.69, 9.17) is 9.47 Å². The molecule has 228 valence electrons. The highest BCUT2D eigenvalue weighted by Gasteiger charge is 2.51. The maximum absolute atomic E-state index is 12.5. The van der Waals surface area contributed by atoms with Gasteiger partial charge in [0.25, 0.3) is 0 Å². The lowest BCUT2D eigenvalue weighted by Gasteiger charge is -2.28. The molecule has 15 nitrogen and oxygen atoms in total. The van der Waals surface area contributed by atoms with Crippen LogP contribution < -0.4 is 20.8 Å². The summed E-state index contributed by atoms with van der Waals surface area (Å²) in [6, 6.07) is 1.06. The van der Waals surface area contributed by atoms with E-state index in [1.165, 1.54) is 6.92 Å². The van der Waals surface area contributed by atoms with Gasteiger partial charge in [0.05, 0.1) is 29.0 Å². The number of carbonyl (C=O) groups is 4. The van der Waals surface area contributed by atoms with Crippen molar-refractivity contribution in [2.45, 2.75) is 81.9 Å². The molecule has 1 saturated carbocycles. The number of fused-ring (bicyclic) bond motifs is 1. The fraction of sp³-hybridized carbons (Fsp3) is 0.680. The normalized spacial score (nSPS) is 27.1. The SMILES string of the molecule is CC(OC(=O)On1c(O)ccc1O)OC(=O)C1CCC(CNC(=O)CCCC[C@H]2C3NC(=O)NC3CS2(=O)=O)CC1. The zero-order valence-corrected chi connectivity index (χ0v) is 23.4. The first-order valence-corrected chi connectivity index (χ1v) is 15.4. The molecule has 0 bridgehead atoms. The molecule has 3 aliphatic rings. The number of aromatic nitrogens is 1. The van der Waals surface area contributed by atoms with Crippen molar-refractivity contribution in [3.8, 4) is 11.8 Å². The Morgan fingerprint density at radius 1 is 1.07 bits per heavy atom. The Balaban J connectivity index is 1.07. The minimum atomic E-state index is -3.29. The van der Waals surface area contributed by atoms with Crippen LogP contribution in [0.5, 0.6) is 11.8 Å². The molecule has 1 aromatic heterocycles. The standard InChI is InChI=1S/C25H36N4O11S/c1-14(39-25(35)40-29-20(31)10-11-21(29)32)38-23(33)16-8-6-15(7-9-16)12-26-19(30)5-3-2-4-18-22-17(13-41(18,36)37)27-24(34)28-22/h10-11,14-18,22,31-32H,2-9,12-13H2,1H3,(H,26,30)(H2,27,28,34)/t14?,15?,16?,17?,18-,22?/m0/s1. The van der Waals surface area contributed by atoms with Gasteiger partial charge in [-0.25, -0.2) is 18.0 Å². The molecule has 3 amide bonds. The summed E-state index contributed by atoms with van der Waals surface area (Å²) in [5.41, 5.74) is 0. The molecule has 41 heavy (non-hydrogen) atoms. The first kappa shape index (κ1) is 30.3. The number of carbonyl (C=O) groups excluding carboxylic acids is 4. The maximum atomic E-state index is 12.5. The molecule has 3 fully saturated rings. The smallest absolute Gasteiger partial charge is 0.492 e. The molecule has 1 aromatic rings. The zero-order chi connectivity index (χ0) is 29.7. The Morgan fingerprint density at radius 3 is 2.44 bits per heavy atom.